The molecule has 3 aromatic rings. The van der Waals surface area contributed by atoms with Crippen molar-refractivity contribution in [1.29, 1.82) is 0 Å². The fourth-order valence-electron chi connectivity index (χ4n) is 2.44. The number of halogens is 1. The second-order valence-corrected chi connectivity index (χ2v) is 5.81. The van der Waals surface area contributed by atoms with Crippen molar-refractivity contribution < 1.29 is 4.79 Å². The lowest BCUT2D eigenvalue weighted by Crippen LogP contribution is -2.04. The van der Waals surface area contributed by atoms with Gasteiger partial charge in [-0.25, -0.2) is 0 Å². The van der Waals surface area contributed by atoms with Gasteiger partial charge in [-0.3, -0.25) is 9.48 Å². The second-order valence-electron chi connectivity index (χ2n) is 5.37. The van der Waals surface area contributed by atoms with E-state index in [9.17, 15) is 4.79 Å². The summed E-state index contributed by atoms with van der Waals surface area (Å²) in [5.41, 5.74) is 2.58. The van der Waals surface area contributed by atoms with Crippen LogP contribution in [0.2, 0.25) is 5.02 Å². The Morgan fingerprint density at radius 3 is 2.81 bits per heavy atom. The van der Waals surface area contributed by atoms with Gasteiger partial charge in [0.2, 0.25) is 0 Å². The van der Waals surface area contributed by atoms with Crippen LogP contribution >= 0.6 is 11.6 Å². The molecular weight excluding hydrogens is 286 g/mol. The van der Waals surface area contributed by atoms with Gasteiger partial charge in [0.15, 0.2) is 6.29 Å². The maximum absolute atomic E-state index is 11.2. The van der Waals surface area contributed by atoms with Crippen molar-refractivity contribution in [2.24, 2.45) is 0 Å². The van der Waals surface area contributed by atoms with Crippen molar-refractivity contribution in [1.82, 2.24) is 14.3 Å². The summed E-state index contributed by atoms with van der Waals surface area (Å²) >= 11 is 6.07. The Kier molecular flexibility index (Phi) is 3.55. The minimum Gasteiger partial charge on any atom is -0.341 e. The molecule has 21 heavy (non-hydrogen) atoms. The monoisotopic (exact) mass is 301 g/mol. The molecule has 0 aliphatic carbocycles. The lowest BCUT2D eigenvalue weighted by molar-refractivity contribution is 0.112. The zero-order valence-corrected chi connectivity index (χ0v) is 12.7. The Morgan fingerprint density at radius 2 is 2.14 bits per heavy atom. The van der Waals surface area contributed by atoms with Gasteiger partial charge in [-0.05, 0) is 32.0 Å². The number of nitrogens with zero attached hydrogens (tertiary/aromatic N) is 3. The summed E-state index contributed by atoms with van der Waals surface area (Å²) in [6.07, 6.45) is 4.70. The van der Waals surface area contributed by atoms with Gasteiger partial charge in [-0.1, -0.05) is 17.7 Å². The Labute approximate surface area is 127 Å². The molecule has 0 saturated heterocycles. The van der Waals surface area contributed by atoms with Gasteiger partial charge in [-0.15, -0.1) is 0 Å². The lowest BCUT2D eigenvalue weighted by atomic mass is 10.2. The van der Waals surface area contributed by atoms with Crippen LogP contribution in [0.15, 0.2) is 36.7 Å². The first-order chi connectivity index (χ1) is 10.1. The van der Waals surface area contributed by atoms with Crippen molar-refractivity contribution in [3.63, 3.8) is 0 Å². The highest BCUT2D eigenvalue weighted by Gasteiger charge is 2.10. The van der Waals surface area contributed by atoms with Crippen molar-refractivity contribution >= 4 is 28.8 Å². The fraction of sp³-hybridized carbons (Fsp3) is 0.250. The minimum absolute atomic E-state index is 0.333. The Morgan fingerprint density at radius 1 is 1.33 bits per heavy atom. The Bertz CT molecular complexity index is 801. The molecule has 3 rings (SSSR count). The molecule has 0 atom stereocenters. The molecule has 0 aliphatic heterocycles. The number of benzene rings is 1. The molecule has 0 radical (unpaired) electrons. The number of hydrogen-bond acceptors (Lipinski definition) is 2. The number of carbonyl (C=O) groups excluding carboxylic acids is 1. The zero-order valence-electron chi connectivity index (χ0n) is 12.0. The third-order valence-corrected chi connectivity index (χ3v) is 3.76. The third-order valence-electron chi connectivity index (χ3n) is 3.53. The van der Waals surface area contributed by atoms with Gasteiger partial charge in [0.1, 0.15) is 0 Å². The van der Waals surface area contributed by atoms with E-state index in [4.69, 9.17) is 11.6 Å². The number of rotatable bonds is 4. The van der Waals surface area contributed by atoms with Crippen molar-refractivity contribution in [2.75, 3.05) is 0 Å². The molecule has 0 saturated carbocycles. The van der Waals surface area contributed by atoms with Crippen LogP contribution in [0.5, 0.6) is 0 Å². The average molecular weight is 302 g/mol. The minimum atomic E-state index is 0.333. The molecule has 0 N–H and O–H groups in total. The Hall–Kier alpha value is -2.07. The van der Waals surface area contributed by atoms with Gasteiger partial charge in [0.05, 0.1) is 17.8 Å². The summed E-state index contributed by atoms with van der Waals surface area (Å²) in [5.74, 6) is 0. The van der Waals surface area contributed by atoms with Crippen LogP contribution in [0, 0.1) is 0 Å². The number of aldehydes is 1. The van der Waals surface area contributed by atoms with E-state index >= 15 is 0 Å². The summed E-state index contributed by atoms with van der Waals surface area (Å²) < 4.78 is 3.94. The highest BCUT2D eigenvalue weighted by molar-refractivity contribution is 6.31. The topological polar surface area (TPSA) is 39.8 Å². The summed E-state index contributed by atoms with van der Waals surface area (Å²) in [4.78, 5) is 11.2. The maximum Gasteiger partial charge on any atom is 0.152 e. The second kappa shape index (κ2) is 5.37. The zero-order chi connectivity index (χ0) is 15.0. The average Bonchev–Trinajstić information content (AvgIpc) is 3.04. The predicted molar refractivity (Wildman–Crippen MR) is 84.0 cm³/mol. The van der Waals surface area contributed by atoms with Gasteiger partial charge >= 0.3 is 0 Å². The van der Waals surface area contributed by atoms with Gasteiger partial charge < -0.3 is 4.57 Å². The summed E-state index contributed by atoms with van der Waals surface area (Å²) in [7, 11) is 0. The summed E-state index contributed by atoms with van der Waals surface area (Å²) in [5, 5.41) is 6.12. The molecule has 0 unspecified atom stereocenters. The summed E-state index contributed by atoms with van der Waals surface area (Å²) in [6.45, 7) is 4.79. The molecule has 5 heteroatoms. The molecule has 4 nitrogen and oxygen atoms in total. The van der Waals surface area contributed by atoms with Crippen LogP contribution in [-0.4, -0.2) is 20.6 Å². The van der Waals surface area contributed by atoms with E-state index in [0.717, 1.165) is 22.9 Å². The van der Waals surface area contributed by atoms with Gasteiger partial charge in [-0.2, -0.15) is 5.10 Å². The van der Waals surface area contributed by atoms with Crippen molar-refractivity contribution in [3.8, 4) is 0 Å². The number of carbonyl (C=O) groups is 1. The van der Waals surface area contributed by atoms with Crippen LogP contribution < -0.4 is 0 Å². The first kappa shape index (κ1) is 13.9. The number of aromatic nitrogens is 3. The SMILES string of the molecule is CC(C)n1ccc(Cn2cc(C=O)c3ccc(Cl)cc32)n1. The van der Waals surface area contributed by atoms with E-state index in [1.165, 1.54) is 0 Å². The number of hydrogen-bond donors (Lipinski definition) is 0. The lowest BCUT2D eigenvalue weighted by Gasteiger charge is -2.05. The van der Waals surface area contributed by atoms with E-state index in [0.29, 0.717) is 23.2 Å². The molecule has 108 valence electrons. The van der Waals surface area contributed by atoms with E-state index in [1.54, 1.807) is 6.07 Å². The van der Waals surface area contributed by atoms with E-state index in [-0.39, 0.29) is 0 Å². The van der Waals surface area contributed by atoms with Crippen molar-refractivity contribution in [3.05, 3.63) is 52.9 Å². The Balaban J connectivity index is 2.03. The van der Waals surface area contributed by atoms with Crippen LogP contribution in [0.4, 0.5) is 0 Å². The molecule has 0 fully saturated rings. The van der Waals surface area contributed by atoms with Gasteiger partial charge in [0, 0.05) is 34.4 Å². The highest BCUT2D eigenvalue weighted by atomic mass is 35.5. The summed E-state index contributed by atoms with van der Waals surface area (Å²) in [6, 6.07) is 7.89. The normalized spacial score (nSPS) is 11.4. The van der Waals surface area contributed by atoms with Crippen LogP contribution in [-0.2, 0) is 6.54 Å². The molecule has 0 aliphatic rings. The van der Waals surface area contributed by atoms with Gasteiger partial charge in [0.25, 0.3) is 0 Å². The molecule has 1 aromatic carbocycles. The smallest absolute Gasteiger partial charge is 0.152 e. The van der Waals surface area contributed by atoms with Crippen LogP contribution in [0.25, 0.3) is 10.9 Å². The molecule has 0 spiro atoms. The molecule has 0 bridgehead atoms. The predicted octanol–water partition coefficient (Wildman–Crippen LogP) is 3.93. The first-order valence-electron chi connectivity index (χ1n) is 6.86. The highest BCUT2D eigenvalue weighted by Crippen LogP contribution is 2.24. The molecule has 0 amide bonds. The molecule has 2 aromatic heterocycles. The van der Waals surface area contributed by atoms with E-state index in [2.05, 4.69) is 18.9 Å². The largest absolute Gasteiger partial charge is 0.341 e. The standard InChI is InChI=1S/C16H16ClN3O/c1-11(2)20-6-5-14(18-20)9-19-8-12(10-21)15-4-3-13(17)7-16(15)19/h3-8,10-11H,9H2,1-2H3. The maximum atomic E-state index is 11.2. The van der Waals surface area contributed by atoms with E-state index < -0.39 is 0 Å². The van der Waals surface area contributed by atoms with E-state index in [1.807, 2.05) is 39.8 Å². The molecular formula is C16H16ClN3O. The quantitative estimate of drug-likeness (QED) is 0.685. The number of fused-ring (bicyclic) bond motifs is 1. The van der Waals surface area contributed by atoms with Crippen LogP contribution in [0.3, 0.4) is 0 Å². The van der Waals surface area contributed by atoms with Crippen LogP contribution in [0.1, 0.15) is 35.9 Å². The first-order valence-corrected chi connectivity index (χ1v) is 7.24. The fourth-order valence-corrected chi connectivity index (χ4v) is 2.61. The third kappa shape index (κ3) is 2.59. The van der Waals surface area contributed by atoms with Crippen molar-refractivity contribution in [2.45, 2.75) is 26.4 Å². The molecule has 2 heterocycles.